The van der Waals surface area contributed by atoms with E-state index in [1.807, 2.05) is 0 Å². The van der Waals surface area contributed by atoms with Gasteiger partial charge < -0.3 is 114 Å². The molecule has 0 aliphatic rings. The summed E-state index contributed by atoms with van der Waals surface area (Å²) in [6.07, 6.45) is -0.529. The SMILES string of the molecule is CCOC(=O)N(CCC[Si](O[Si](OC)(OC)OC)(O[Si](OC)(OC)OC)O[Si](OC)(OC)OC)CCC[Si](O[Si](OC)(OC)OC)(O[Si](OC)(OC)OC)O[Si](OC)(OC)OC. The highest BCUT2D eigenvalue weighted by molar-refractivity contribution is 6.83. The van der Waals surface area contributed by atoms with Crippen LogP contribution in [-0.4, -0.2) is 231 Å². The van der Waals surface area contributed by atoms with Gasteiger partial charge in [0.15, 0.2) is 0 Å². The van der Waals surface area contributed by atoms with Crippen molar-refractivity contribution in [2.45, 2.75) is 31.9 Å². The summed E-state index contributed by atoms with van der Waals surface area (Å²) in [6.45, 7) is 1.68. The molecule has 0 aromatic rings. The molecule has 1 amide bonds. The third-order valence-corrected chi connectivity index (χ3v) is 32.9. The summed E-state index contributed by atoms with van der Waals surface area (Å²) < 4.78 is 146. The number of hydrogen-bond donors (Lipinski definition) is 0. The zero-order valence-electron chi connectivity index (χ0n) is 39.5. The maximum Gasteiger partial charge on any atom is 0.671 e. The summed E-state index contributed by atoms with van der Waals surface area (Å²) in [5, 5.41) is 0. The quantitative estimate of drug-likeness (QED) is 0.0758. The first-order valence-corrected chi connectivity index (χ1v) is 32.1. The topological polar surface area (TPSA) is 251 Å². The van der Waals surface area contributed by atoms with Crippen molar-refractivity contribution in [3.8, 4) is 0 Å². The van der Waals surface area contributed by atoms with E-state index in [1.165, 1.54) is 133 Å². The second-order valence-electron chi connectivity index (χ2n) is 11.5. The van der Waals surface area contributed by atoms with E-state index in [9.17, 15) is 4.79 Å². The van der Waals surface area contributed by atoms with Gasteiger partial charge in [0.05, 0.1) is 6.61 Å². The Hall–Kier alpha value is 0.0451. The number of carbonyl (C=O) groups is 1. The van der Waals surface area contributed by atoms with Gasteiger partial charge in [0.1, 0.15) is 0 Å². The van der Waals surface area contributed by atoms with Crippen molar-refractivity contribution in [3.63, 3.8) is 0 Å². The maximum absolute atomic E-state index is 13.7. The molecular weight excluding hydrogens is 979 g/mol. The van der Waals surface area contributed by atoms with Gasteiger partial charge in [-0.15, -0.1) is 0 Å². The normalized spacial score (nSPS) is 13.9. The van der Waals surface area contributed by atoms with Gasteiger partial charge in [0, 0.05) is 153 Å². The van der Waals surface area contributed by atoms with Gasteiger partial charge in [-0.2, -0.15) is 0 Å². The molecule has 35 heteroatoms. The van der Waals surface area contributed by atoms with Gasteiger partial charge in [-0.05, 0) is 19.8 Å². The molecule has 27 nitrogen and oxygen atoms in total. The molecule has 0 unspecified atom stereocenters. The minimum Gasteiger partial charge on any atom is -0.450 e. The summed E-state index contributed by atoms with van der Waals surface area (Å²) in [6, 6.07) is -0.261. The van der Waals surface area contributed by atoms with Gasteiger partial charge in [0.25, 0.3) is 0 Å². The van der Waals surface area contributed by atoms with Gasteiger partial charge in [-0.1, -0.05) is 0 Å². The third kappa shape index (κ3) is 17.0. The molecule has 0 saturated carbocycles. The fourth-order valence-electron chi connectivity index (χ4n) is 5.31. The molecule has 0 aliphatic carbocycles. The zero-order valence-corrected chi connectivity index (χ0v) is 47.5. The van der Waals surface area contributed by atoms with E-state index >= 15 is 0 Å². The lowest BCUT2D eigenvalue weighted by Crippen LogP contribution is -2.69. The first kappa shape index (κ1) is 62.0. The van der Waals surface area contributed by atoms with E-state index < -0.39 is 78.0 Å². The highest BCUT2D eigenvalue weighted by atomic mass is 28.5. The van der Waals surface area contributed by atoms with Crippen LogP contribution in [0.3, 0.4) is 0 Å². The number of hydrogen-bond acceptors (Lipinski definition) is 26. The van der Waals surface area contributed by atoms with Crippen LogP contribution in [0.1, 0.15) is 19.8 Å². The molecule has 0 atom stereocenters. The average molecular weight is 1050 g/mol. The lowest BCUT2D eigenvalue weighted by Gasteiger charge is -2.41. The smallest absolute Gasteiger partial charge is 0.450 e. The molecule has 0 aliphatic heterocycles. The van der Waals surface area contributed by atoms with Gasteiger partial charge >= 0.3 is 78.0 Å². The van der Waals surface area contributed by atoms with Crippen LogP contribution in [0.4, 0.5) is 4.79 Å². The molecule has 372 valence electrons. The molecule has 0 aromatic carbocycles. The van der Waals surface area contributed by atoms with Crippen LogP contribution >= 0.6 is 0 Å². The van der Waals surface area contributed by atoms with E-state index in [4.69, 9.17) is 109 Å². The van der Waals surface area contributed by atoms with Crippen LogP contribution < -0.4 is 0 Å². The number of amides is 1. The first-order chi connectivity index (χ1) is 29.4. The zero-order chi connectivity index (χ0) is 47.8. The molecule has 0 aromatic heterocycles. The number of rotatable bonds is 39. The molecule has 62 heavy (non-hydrogen) atoms. The molecule has 0 N–H and O–H groups in total. The largest absolute Gasteiger partial charge is 0.671 e. The number of carbonyl (C=O) groups excluding carboxylic acids is 1. The van der Waals surface area contributed by atoms with E-state index in [0.29, 0.717) is 0 Å². The Morgan fingerprint density at radius 2 is 0.516 bits per heavy atom. The van der Waals surface area contributed by atoms with Crippen molar-refractivity contribution < 1.29 is 114 Å². The number of nitrogens with zero attached hydrogens (tertiary/aromatic N) is 1. The summed E-state index contributed by atoms with van der Waals surface area (Å²) in [4.78, 5) is 15.1. The second-order valence-corrected chi connectivity index (χ2v) is 33.5. The summed E-state index contributed by atoms with van der Waals surface area (Å²) in [5.74, 6) is 0. The molecular formula is C27H71NO26Si8. The van der Waals surface area contributed by atoms with Crippen LogP contribution in [0, 0.1) is 0 Å². The third-order valence-electron chi connectivity index (χ3n) is 8.53. The fourth-order valence-corrected chi connectivity index (χ4v) is 30.3. The molecule has 0 rings (SSSR count). The lowest BCUT2D eigenvalue weighted by atomic mass is 10.4. The van der Waals surface area contributed by atoms with Crippen molar-refractivity contribution in [2.75, 3.05) is 148 Å². The molecule has 0 saturated heterocycles. The van der Waals surface area contributed by atoms with Crippen molar-refractivity contribution in [2.24, 2.45) is 0 Å². The molecule has 0 spiro atoms. The Kier molecular flexibility index (Phi) is 29.7. The second kappa shape index (κ2) is 29.7. The van der Waals surface area contributed by atoms with Crippen LogP contribution in [0.2, 0.25) is 12.1 Å². The Morgan fingerprint density at radius 3 is 0.661 bits per heavy atom. The standard InChI is InChI=1S/C27H71NO26Si8/c1-20-48-27(29)28(23-21-25-55(49-57(30-2,31-3)32-4,50-58(33-5,34-6)35-7)51-59(36-8,37-9)38-10)24-22-26-56(52-60(39-11,40-12)41-13,53-61(42-14,43-15)44-16)54-62(45-17,46-18)47-19/h20-26H2,1-19H3. The van der Waals surface area contributed by atoms with Crippen LogP contribution in [-0.2, 0) is 109 Å². The summed E-state index contributed by atoms with van der Waals surface area (Å²) in [7, 11) is -9.67. The summed E-state index contributed by atoms with van der Waals surface area (Å²) in [5.41, 5.74) is 0. The monoisotopic (exact) mass is 1050 g/mol. The van der Waals surface area contributed by atoms with Gasteiger partial charge in [-0.25, -0.2) is 4.79 Å². The Morgan fingerprint density at radius 1 is 0.339 bits per heavy atom. The van der Waals surface area contributed by atoms with E-state index in [-0.39, 0.29) is 44.6 Å². The highest BCUT2D eigenvalue weighted by Crippen LogP contribution is 2.34. The van der Waals surface area contributed by atoms with E-state index in [2.05, 4.69) is 0 Å². The minimum absolute atomic E-state index is 0.0159. The van der Waals surface area contributed by atoms with Crippen LogP contribution in [0.25, 0.3) is 0 Å². The number of ether oxygens (including phenoxy) is 1. The Balaban J connectivity index is 7.54. The predicted octanol–water partition coefficient (Wildman–Crippen LogP) is 0.451. The molecule has 0 radical (unpaired) electrons. The van der Waals surface area contributed by atoms with Gasteiger partial charge in [-0.3, -0.25) is 0 Å². The average Bonchev–Trinajstić information content (AvgIpc) is 3.32. The van der Waals surface area contributed by atoms with Crippen molar-refractivity contribution in [3.05, 3.63) is 0 Å². The lowest BCUT2D eigenvalue weighted by molar-refractivity contribution is -0.0285. The molecule has 0 bridgehead atoms. The van der Waals surface area contributed by atoms with E-state index in [1.54, 1.807) is 6.92 Å². The van der Waals surface area contributed by atoms with Crippen molar-refractivity contribution >= 4 is 78.0 Å². The molecule has 0 fully saturated rings. The Bertz CT molecular complexity index is 964. The van der Waals surface area contributed by atoms with Crippen molar-refractivity contribution in [1.82, 2.24) is 4.90 Å². The fraction of sp³-hybridized carbons (Fsp3) is 0.963. The predicted molar refractivity (Wildman–Crippen MR) is 226 cm³/mol. The van der Waals surface area contributed by atoms with Gasteiger partial charge in [0.2, 0.25) is 0 Å². The maximum atomic E-state index is 13.7. The van der Waals surface area contributed by atoms with E-state index in [0.717, 1.165) is 0 Å². The molecule has 0 heterocycles. The van der Waals surface area contributed by atoms with Crippen LogP contribution in [0.5, 0.6) is 0 Å². The Labute approximate surface area is 375 Å². The van der Waals surface area contributed by atoms with Crippen molar-refractivity contribution in [1.29, 1.82) is 0 Å². The summed E-state index contributed by atoms with van der Waals surface area (Å²) >= 11 is 0. The minimum atomic E-state index is -4.47. The first-order valence-electron chi connectivity index (χ1n) is 18.4. The highest BCUT2D eigenvalue weighted by Gasteiger charge is 2.67. The van der Waals surface area contributed by atoms with Crippen LogP contribution in [0.15, 0.2) is 0 Å².